The molecule has 0 spiro atoms. The Bertz CT molecular complexity index is 1900. The molecule has 220 valence electrons. The Kier molecular flexibility index (Phi) is 6.16. The maximum atomic E-state index is 11.4. The van der Waals surface area contributed by atoms with Crippen LogP contribution < -0.4 is 9.47 Å². The minimum absolute atomic E-state index is 0.183. The molecule has 9 rings (SSSR count). The number of hydrogen-bond acceptors (Lipinski definition) is 4. The van der Waals surface area contributed by atoms with E-state index in [1.165, 1.54) is 61.6 Å². The van der Waals surface area contributed by atoms with E-state index < -0.39 is 11.9 Å². The van der Waals surface area contributed by atoms with E-state index in [4.69, 9.17) is 9.47 Å². The summed E-state index contributed by atoms with van der Waals surface area (Å²) >= 11 is 0. The van der Waals surface area contributed by atoms with Crippen molar-refractivity contribution < 1.29 is 29.3 Å². The molecule has 0 amide bonds. The number of ether oxygens (including phenoxy) is 2. The molecule has 0 radical (unpaired) electrons. The Morgan fingerprint density at radius 1 is 0.591 bits per heavy atom. The highest BCUT2D eigenvalue weighted by Gasteiger charge is 2.52. The van der Waals surface area contributed by atoms with Gasteiger partial charge in [-0.3, -0.25) is 0 Å². The summed E-state index contributed by atoms with van der Waals surface area (Å²) in [6.45, 7) is 0. The van der Waals surface area contributed by atoms with Gasteiger partial charge in [0.15, 0.2) is 0 Å². The molecule has 2 N–H and O–H groups in total. The van der Waals surface area contributed by atoms with Crippen LogP contribution in [0.15, 0.2) is 91.0 Å². The third kappa shape index (κ3) is 4.57. The second kappa shape index (κ2) is 10.1. The largest absolute Gasteiger partial charge is 0.478 e. The maximum absolute atomic E-state index is 11.4. The lowest BCUT2D eigenvalue weighted by molar-refractivity contribution is -0.00450. The van der Waals surface area contributed by atoms with Crippen LogP contribution in [-0.2, 0) is 5.41 Å². The summed E-state index contributed by atoms with van der Waals surface area (Å²) < 4.78 is 12.8. The van der Waals surface area contributed by atoms with Gasteiger partial charge in [-0.05, 0) is 151 Å². The van der Waals surface area contributed by atoms with E-state index in [0.29, 0.717) is 23.0 Å². The van der Waals surface area contributed by atoms with Crippen LogP contribution in [0, 0.1) is 17.8 Å². The number of benzene rings is 5. The van der Waals surface area contributed by atoms with Gasteiger partial charge in [0, 0.05) is 10.8 Å². The van der Waals surface area contributed by atoms with E-state index >= 15 is 0 Å². The van der Waals surface area contributed by atoms with Crippen LogP contribution in [-0.4, -0.2) is 22.2 Å². The lowest BCUT2D eigenvalue weighted by atomic mass is 9.47. The van der Waals surface area contributed by atoms with Crippen molar-refractivity contribution in [1.82, 2.24) is 0 Å². The highest BCUT2D eigenvalue weighted by molar-refractivity contribution is 6.05. The van der Waals surface area contributed by atoms with Crippen molar-refractivity contribution in [3.63, 3.8) is 0 Å². The number of hydrogen-bond donors (Lipinski definition) is 2. The average molecular weight is 585 g/mol. The fourth-order valence-corrected chi connectivity index (χ4v) is 8.73. The summed E-state index contributed by atoms with van der Waals surface area (Å²) in [5.41, 5.74) is 2.01. The highest BCUT2D eigenvalue weighted by atomic mass is 16.5. The second-order valence-electron chi connectivity index (χ2n) is 13.0. The van der Waals surface area contributed by atoms with E-state index in [-0.39, 0.29) is 16.5 Å². The van der Waals surface area contributed by atoms with Crippen LogP contribution in [0.1, 0.15) is 64.8 Å². The van der Waals surface area contributed by atoms with Crippen molar-refractivity contribution in [1.29, 1.82) is 0 Å². The summed E-state index contributed by atoms with van der Waals surface area (Å²) in [7, 11) is 0. The zero-order valence-corrected chi connectivity index (χ0v) is 24.2. The van der Waals surface area contributed by atoms with Gasteiger partial charge in [-0.15, -0.1) is 0 Å². The maximum Gasteiger partial charge on any atom is 0.335 e. The molecule has 5 aromatic carbocycles. The average Bonchev–Trinajstić information content (AvgIpc) is 3.00. The lowest BCUT2D eigenvalue weighted by Gasteiger charge is -2.57. The fraction of sp³-hybridized carbons (Fsp3) is 0.263. The first kappa shape index (κ1) is 26.8. The molecule has 6 heteroatoms. The molecular formula is C38H32O6. The molecule has 6 nitrogen and oxygen atoms in total. The van der Waals surface area contributed by atoms with Gasteiger partial charge in [-0.25, -0.2) is 9.59 Å². The van der Waals surface area contributed by atoms with Gasteiger partial charge in [-0.1, -0.05) is 18.2 Å². The van der Waals surface area contributed by atoms with Gasteiger partial charge in [0.05, 0.1) is 11.1 Å². The van der Waals surface area contributed by atoms with Gasteiger partial charge in [-0.2, -0.15) is 0 Å². The third-order valence-electron chi connectivity index (χ3n) is 10.2. The molecule has 0 atom stereocenters. The molecule has 5 aromatic rings. The summed E-state index contributed by atoms with van der Waals surface area (Å²) in [5.74, 6) is 2.99. The number of rotatable bonds is 7. The SMILES string of the molecule is O=C(O)c1ccc(Oc2cccc3cc4c(C56CC7CC(CC(C7)C5)C6)ccc(Oc5ccc(C(=O)O)cc5)c4cc23)cc1. The number of carboxylic acids is 2. The number of carboxylic acid groups (broad SMARTS) is 2. The van der Waals surface area contributed by atoms with E-state index in [1.54, 1.807) is 36.4 Å². The van der Waals surface area contributed by atoms with Gasteiger partial charge in [0.1, 0.15) is 23.0 Å². The van der Waals surface area contributed by atoms with E-state index in [0.717, 1.165) is 33.9 Å². The Morgan fingerprint density at radius 2 is 1.11 bits per heavy atom. The number of fused-ring (bicyclic) bond motifs is 2. The molecule has 44 heavy (non-hydrogen) atoms. The summed E-state index contributed by atoms with van der Waals surface area (Å²) in [4.78, 5) is 22.7. The van der Waals surface area contributed by atoms with Crippen molar-refractivity contribution in [2.24, 2.45) is 17.8 Å². The Hall–Kier alpha value is -4.84. The van der Waals surface area contributed by atoms with Crippen molar-refractivity contribution in [2.75, 3.05) is 0 Å². The van der Waals surface area contributed by atoms with Crippen LogP contribution in [0.3, 0.4) is 0 Å². The monoisotopic (exact) mass is 584 g/mol. The minimum atomic E-state index is -0.979. The minimum Gasteiger partial charge on any atom is -0.478 e. The summed E-state index contributed by atoms with van der Waals surface area (Å²) in [6.07, 6.45) is 7.88. The molecule has 0 saturated heterocycles. The van der Waals surface area contributed by atoms with Crippen molar-refractivity contribution >= 4 is 33.5 Å². The molecule has 4 fully saturated rings. The first-order chi connectivity index (χ1) is 21.3. The lowest BCUT2D eigenvalue weighted by Crippen LogP contribution is -2.48. The van der Waals surface area contributed by atoms with Crippen LogP contribution in [0.5, 0.6) is 23.0 Å². The van der Waals surface area contributed by atoms with Crippen LogP contribution in [0.2, 0.25) is 0 Å². The molecule has 0 unspecified atom stereocenters. The van der Waals surface area contributed by atoms with Crippen molar-refractivity contribution in [3.8, 4) is 23.0 Å². The molecule has 0 aromatic heterocycles. The Morgan fingerprint density at radius 3 is 1.64 bits per heavy atom. The first-order valence-corrected chi connectivity index (χ1v) is 15.4. The first-order valence-electron chi connectivity index (χ1n) is 15.4. The zero-order valence-electron chi connectivity index (χ0n) is 24.2. The second-order valence-corrected chi connectivity index (χ2v) is 13.0. The topological polar surface area (TPSA) is 93.1 Å². The molecular weight excluding hydrogens is 552 g/mol. The zero-order chi connectivity index (χ0) is 30.0. The molecule has 4 aliphatic rings. The van der Waals surface area contributed by atoms with Gasteiger partial charge < -0.3 is 19.7 Å². The molecule has 0 aliphatic heterocycles. The van der Waals surface area contributed by atoms with E-state index in [9.17, 15) is 19.8 Å². The molecule has 0 heterocycles. The Balaban J connectivity index is 1.27. The van der Waals surface area contributed by atoms with Gasteiger partial charge >= 0.3 is 11.9 Å². The highest BCUT2D eigenvalue weighted by Crippen LogP contribution is 2.62. The van der Waals surface area contributed by atoms with Gasteiger partial charge in [0.2, 0.25) is 0 Å². The Labute approximate surface area is 254 Å². The van der Waals surface area contributed by atoms with Gasteiger partial charge in [0.25, 0.3) is 0 Å². The van der Waals surface area contributed by atoms with E-state index in [1.807, 2.05) is 12.1 Å². The van der Waals surface area contributed by atoms with Crippen molar-refractivity contribution in [3.05, 3.63) is 108 Å². The standard InChI is InChI=1S/C38H32O6/c39-36(40)25-4-8-28(9-5-25)43-34-3-1-2-27-17-31-32(18-30(27)34)35(44-29-10-6-26(7-11-29)37(41)42)13-12-33(31)38-19-22-14-23(20-38)16-24(15-22)21-38/h1-13,17-18,22-24H,14-16,19-21H2,(H,39,40)(H,41,42). The van der Waals surface area contributed by atoms with Crippen LogP contribution in [0.4, 0.5) is 0 Å². The van der Waals surface area contributed by atoms with Crippen molar-refractivity contribution in [2.45, 2.75) is 43.9 Å². The van der Waals surface area contributed by atoms with E-state index in [2.05, 4.69) is 30.3 Å². The number of aromatic carboxylic acids is 2. The van der Waals surface area contributed by atoms with Crippen LogP contribution >= 0.6 is 0 Å². The summed E-state index contributed by atoms with van der Waals surface area (Å²) in [6, 6.07) is 27.7. The molecule has 4 aliphatic carbocycles. The molecule has 4 saturated carbocycles. The third-order valence-corrected chi connectivity index (χ3v) is 10.2. The smallest absolute Gasteiger partial charge is 0.335 e. The fourth-order valence-electron chi connectivity index (χ4n) is 8.73. The quantitative estimate of drug-likeness (QED) is 0.185. The van der Waals surface area contributed by atoms with Crippen LogP contribution in [0.25, 0.3) is 21.5 Å². The molecule has 4 bridgehead atoms. The predicted octanol–water partition coefficient (Wildman–Crippen LogP) is 9.44. The predicted molar refractivity (Wildman–Crippen MR) is 168 cm³/mol. The summed E-state index contributed by atoms with van der Waals surface area (Å²) in [5, 5.41) is 22.8. The normalized spacial score (nSPS) is 23.6. The number of carbonyl (C=O) groups is 2.